The Morgan fingerprint density at radius 2 is 1.94 bits per heavy atom. The average molecular weight is 434 g/mol. The standard InChI is InChI=1S/C24H28FN7/c1-16(19-11-20(25)13-26-12-19)30-23-15-28-31-24(23)17(2)29-22-5-4-21(27-14-22)10-18-6-8-32(3)9-7-18/h4-5,11-15,18,29-30H,1-2,6-10H2,3H3,(H,28,31). The Morgan fingerprint density at radius 3 is 2.66 bits per heavy atom. The zero-order valence-electron chi connectivity index (χ0n) is 18.2. The highest BCUT2D eigenvalue weighted by atomic mass is 19.1. The Hall–Kier alpha value is -3.52. The van der Waals surface area contributed by atoms with Crippen LogP contribution in [0.3, 0.4) is 0 Å². The molecule has 4 heterocycles. The van der Waals surface area contributed by atoms with Crippen LogP contribution >= 0.6 is 0 Å². The highest BCUT2D eigenvalue weighted by Crippen LogP contribution is 2.26. The number of aromatic nitrogens is 4. The van der Waals surface area contributed by atoms with Crippen molar-refractivity contribution in [2.24, 2.45) is 5.92 Å². The SMILES string of the molecule is C=C(Nc1cn[nH]c1C(=C)Nc1ccc(CC2CCN(C)CC2)nc1)c1cncc(F)c1. The third-order valence-electron chi connectivity index (χ3n) is 5.74. The van der Waals surface area contributed by atoms with E-state index >= 15 is 0 Å². The molecular weight excluding hydrogens is 405 g/mol. The molecule has 3 aromatic heterocycles. The van der Waals surface area contributed by atoms with Crippen molar-refractivity contribution < 1.29 is 4.39 Å². The number of rotatable bonds is 8. The number of H-pyrrole nitrogens is 1. The predicted octanol–water partition coefficient (Wildman–Crippen LogP) is 4.39. The summed E-state index contributed by atoms with van der Waals surface area (Å²) in [4.78, 5) is 10.9. The molecule has 32 heavy (non-hydrogen) atoms. The van der Waals surface area contributed by atoms with E-state index in [1.54, 1.807) is 12.4 Å². The third kappa shape index (κ3) is 5.39. The van der Waals surface area contributed by atoms with Crippen molar-refractivity contribution in [1.29, 1.82) is 0 Å². The van der Waals surface area contributed by atoms with E-state index in [1.807, 2.05) is 12.3 Å². The van der Waals surface area contributed by atoms with E-state index in [9.17, 15) is 4.39 Å². The number of nitrogens with zero attached hydrogens (tertiary/aromatic N) is 4. The van der Waals surface area contributed by atoms with Crippen LogP contribution in [0, 0.1) is 11.7 Å². The highest BCUT2D eigenvalue weighted by molar-refractivity contribution is 5.84. The number of anilines is 2. The van der Waals surface area contributed by atoms with Crippen LogP contribution in [0.15, 0.2) is 56.1 Å². The van der Waals surface area contributed by atoms with Crippen LogP contribution in [-0.2, 0) is 6.42 Å². The molecule has 1 fully saturated rings. The molecule has 7 nitrogen and oxygen atoms in total. The zero-order chi connectivity index (χ0) is 22.5. The van der Waals surface area contributed by atoms with Crippen LogP contribution in [0.5, 0.6) is 0 Å². The quantitative estimate of drug-likeness (QED) is 0.489. The first kappa shape index (κ1) is 21.7. The van der Waals surface area contributed by atoms with E-state index in [2.05, 4.69) is 62.0 Å². The number of likely N-dealkylation sites (tertiary alicyclic amines) is 1. The number of aromatic amines is 1. The number of hydrogen-bond acceptors (Lipinski definition) is 6. The first-order chi connectivity index (χ1) is 15.5. The second-order valence-corrected chi connectivity index (χ2v) is 8.25. The summed E-state index contributed by atoms with van der Waals surface area (Å²) in [6.45, 7) is 10.4. The molecule has 4 rings (SSSR count). The molecule has 0 saturated carbocycles. The monoisotopic (exact) mass is 433 g/mol. The van der Waals surface area contributed by atoms with Gasteiger partial charge in [0, 0.05) is 23.2 Å². The lowest BCUT2D eigenvalue weighted by molar-refractivity contribution is 0.218. The van der Waals surface area contributed by atoms with Crippen molar-refractivity contribution in [3.63, 3.8) is 0 Å². The Bertz CT molecular complexity index is 1080. The maximum absolute atomic E-state index is 13.4. The van der Waals surface area contributed by atoms with Gasteiger partial charge in [-0.25, -0.2) is 4.39 Å². The molecule has 8 heteroatoms. The van der Waals surface area contributed by atoms with Crippen LogP contribution < -0.4 is 10.6 Å². The summed E-state index contributed by atoms with van der Waals surface area (Å²) in [5.74, 6) is 0.281. The molecule has 166 valence electrons. The minimum atomic E-state index is -0.421. The molecule has 1 aliphatic heterocycles. The van der Waals surface area contributed by atoms with Gasteiger partial charge in [0.05, 0.1) is 35.7 Å². The van der Waals surface area contributed by atoms with Crippen LogP contribution in [0.4, 0.5) is 15.8 Å². The fourth-order valence-corrected chi connectivity index (χ4v) is 3.84. The zero-order valence-corrected chi connectivity index (χ0v) is 18.2. The van der Waals surface area contributed by atoms with Gasteiger partial charge < -0.3 is 15.5 Å². The molecular formula is C24H28FN7. The molecule has 0 spiro atoms. The van der Waals surface area contributed by atoms with E-state index in [0.717, 1.165) is 37.1 Å². The van der Waals surface area contributed by atoms with Crippen LogP contribution in [0.1, 0.15) is 29.8 Å². The predicted molar refractivity (Wildman–Crippen MR) is 126 cm³/mol. The molecule has 0 aliphatic carbocycles. The van der Waals surface area contributed by atoms with Gasteiger partial charge in [0.15, 0.2) is 0 Å². The fraction of sp³-hybridized carbons (Fsp3) is 0.292. The van der Waals surface area contributed by atoms with E-state index < -0.39 is 5.82 Å². The molecule has 0 radical (unpaired) electrons. The maximum Gasteiger partial charge on any atom is 0.142 e. The molecule has 1 saturated heterocycles. The summed E-state index contributed by atoms with van der Waals surface area (Å²) in [6.07, 6.45) is 9.62. The van der Waals surface area contributed by atoms with Crippen molar-refractivity contribution in [2.75, 3.05) is 30.8 Å². The van der Waals surface area contributed by atoms with Gasteiger partial charge in [-0.3, -0.25) is 15.1 Å². The molecule has 3 aromatic rings. The van der Waals surface area contributed by atoms with E-state index in [-0.39, 0.29) is 0 Å². The Kier molecular flexibility index (Phi) is 6.61. The largest absolute Gasteiger partial charge is 0.353 e. The fourth-order valence-electron chi connectivity index (χ4n) is 3.84. The molecule has 0 amide bonds. The minimum absolute atomic E-state index is 0.421. The van der Waals surface area contributed by atoms with Crippen molar-refractivity contribution in [1.82, 2.24) is 25.1 Å². The van der Waals surface area contributed by atoms with Gasteiger partial charge in [-0.05, 0) is 63.5 Å². The minimum Gasteiger partial charge on any atom is -0.353 e. The van der Waals surface area contributed by atoms with Crippen molar-refractivity contribution >= 4 is 22.8 Å². The molecule has 1 aliphatic rings. The van der Waals surface area contributed by atoms with Crippen molar-refractivity contribution in [3.05, 3.63) is 78.9 Å². The summed E-state index contributed by atoms with van der Waals surface area (Å²) < 4.78 is 13.4. The molecule has 0 unspecified atom stereocenters. The molecule has 0 bridgehead atoms. The van der Waals surface area contributed by atoms with Gasteiger partial charge in [0.25, 0.3) is 0 Å². The third-order valence-corrected chi connectivity index (χ3v) is 5.74. The summed E-state index contributed by atoms with van der Waals surface area (Å²) in [5.41, 5.74) is 4.98. The summed E-state index contributed by atoms with van der Waals surface area (Å²) >= 11 is 0. The van der Waals surface area contributed by atoms with Crippen molar-refractivity contribution in [2.45, 2.75) is 19.3 Å². The maximum atomic E-state index is 13.4. The van der Waals surface area contributed by atoms with Gasteiger partial charge in [-0.2, -0.15) is 5.10 Å². The summed E-state index contributed by atoms with van der Waals surface area (Å²) in [5, 5.41) is 13.4. The van der Waals surface area contributed by atoms with Crippen LogP contribution in [0.2, 0.25) is 0 Å². The lowest BCUT2D eigenvalue weighted by Gasteiger charge is -2.28. The first-order valence-electron chi connectivity index (χ1n) is 10.7. The second-order valence-electron chi connectivity index (χ2n) is 8.25. The number of piperidine rings is 1. The topological polar surface area (TPSA) is 81.8 Å². The Labute approximate surface area is 187 Å². The lowest BCUT2D eigenvalue weighted by Crippen LogP contribution is -2.31. The van der Waals surface area contributed by atoms with Crippen LogP contribution in [-0.4, -0.2) is 45.2 Å². The Balaban J connectivity index is 1.36. The summed E-state index contributed by atoms with van der Waals surface area (Å²) in [6, 6.07) is 5.45. The average Bonchev–Trinajstić information content (AvgIpc) is 3.25. The van der Waals surface area contributed by atoms with Crippen molar-refractivity contribution in [3.8, 4) is 0 Å². The Morgan fingerprint density at radius 1 is 1.12 bits per heavy atom. The number of pyridine rings is 2. The molecule has 0 aromatic carbocycles. The summed E-state index contributed by atoms with van der Waals surface area (Å²) in [7, 11) is 2.18. The van der Waals surface area contributed by atoms with E-state index in [4.69, 9.17) is 0 Å². The number of halogens is 1. The molecule has 0 atom stereocenters. The highest BCUT2D eigenvalue weighted by Gasteiger charge is 2.17. The number of hydrogen-bond donors (Lipinski definition) is 3. The molecule has 3 N–H and O–H groups in total. The van der Waals surface area contributed by atoms with Crippen LogP contribution in [0.25, 0.3) is 11.4 Å². The number of nitrogens with one attached hydrogen (secondary N) is 3. The van der Waals surface area contributed by atoms with Gasteiger partial charge in [-0.15, -0.1) is 0 Å². The van der Waals surface area contributed by atoms with Gasteiger partial charge in [-0.1, -0.05) is 13.2 Å². The smallest absolute Gasteiger partial charge is 0.142 e. The normalized spacial score (nSPS) is 14.8. The second kappa shape index (κ2) is 9.74. The van der Waals surface area contributed by atoms with Gasteiger partial charge in [0.1, 0.15) is 11.5 Å². The van der Waals surface area contributed by atoms with Gasteiger partial charge in [0.2, 0.25) is 0 Å². The van der Waals surface area contributed by atoms with E-state index in [1.165, 1.54) is 18.9 Å². The lowest BCUT2D eigenvalue weighted by atomic mass is 9.92. The first-order valence-corrected chi connectivity index (χ1v) is 10.7. The van der Waals surface area contributed by atoms with E-state index in [0.29, 0.717) is 34.3 Å². The van der Waals surface area contributed by atoms with Gasteiger partial charge >= 0.3 is 0 Å².